The number of hydrogen-bond donors (Lipinski definition) is 2. The zero-order chi connectivity index (χ0) is 15.5. The van der Waals surface area contributed by atoms with Crippen molar-refractivity contribution in [2.75, 3.05) is 23.9 Å². The average molecular weight is 302 g/mol. The molecule has 112 valence electrons. The Kier molecular flexibility index (Phi) is 4.73. The van der Waals surface area contributed by atoms with Crippen molar-refractivity contribution in [3.8, 4) is 0 Å². The highest BCUT2D eigenvalue weighted by atomic mass is 32.2. The number of thioether (sulfide) groups is 1. The SMILES string of the molecule is CNc1cc(Nc2ccc(SC)cc2)nc(C(C)(C)C)n1. The highest BCUT2D eigenvalue weighted by molar-refractivity contribution is 7.98. The van der Waals surface area contributed by atoms with Gasteiger partial charge in [-0.3, -0.25) is 0 Å². The zero-order valence-electron chi connectivity index (χ0n) is 13.2. The Hall–Kier alpha value is -1.75. The lowest BCUT2D eigenvalue weighted by Gasteiger charge is -2.19. The molecule has 2 aromatic rings. The van der Waals surface area contributed by atoms with Gasteiger partial charge in [-0.25, -0.2) is 9.97 Å². The van der Waals surface area contributed by atoms with Crippen molar-refractivity contribution >= 4 is 29.1 Å². The standard InChI is InChI=1S/C16H22N4S/c1-16(2,3)15-19-13(17-4)10-14(20-15)18-11-6-8-12(21-5)9-7-11/h6-10H,1-5H3,(H2,17,18,19,20). The van der Waals surface area contributed by atoms with Gasteiger partial charge in [0.05, 0.1) is 0 Å². The van der Waals surface area contributed by atoms with E-state index in [4.69, 9.17) is 0 Å². The highest BCUT2D eigenvalue weighted by Crippen LogP contribution is 2.25. The predicted molar refractivity (Wildman–Crippen MR) is 91.8 cm³/mol. The highest BCUT2D eigenvalue weighted by Gasteiger charge is 2.19. The maximum absolute atomic E-state index is 4.62. The van der Waals surface area contributed by atoms with Crippen molar-refractivity contribution in [2.24, 2.45) is 0 Å². The Morgan fingerprint density at radius 1 is 1.00 bits per heavy atom. The second-order valence-electron chi connectivity index (χ2n) is 5.82. The monoisotopic (exact) mass is 302 g/mol. The summed E-state index contributed by atoms with van der Waals surface area (Å²) in [7, 11) is 1.87. The predicted octanol–water partition coefficient (Wildman–Crippen LogP) is 4.28. The van der Waals surface area contributed by atoms with Gasteiger partial charge in [0, 0.05) is 29.1 Å². The summed E-state index contributed by atoms with van der Waals surface area (Å²) >= 11 is 1.73. The molecule has 0 amide bonds. The first-order valence-corrected chi connectivity index (χ1v) is 8.13. The largest absolute Gasteiger partial charge is 0.373 e. The van der Waals surface area contributed by atoms with E-state index < -0.39 is 0 Å². The van der Waals surface area contributed by atoms with Crippen LogP contribution in [0.5, 0.6) is 0 Å². The molecule has 1 aromatic carbocycles. The topological polar surface area (TPSA) is 49.8 Å². The number of aromatic nitrogens is 2. The molecule has 0 aliphatic rings. The van der Waals surface area contributed by atoms with Crippen LogP contribution in [0.1, 0.15) is 26.6 Å². The molecule has 4 nitrogen and oxygen atoms in total. The van der Waals surface area contributed by atoms with Crippen LogP contribution in [0.4, 0.5) is 17.3 Å². The lowest BCUT2D eigenvalue weighted by atomic mass is 9.96. The normalized spacial score (nSPS) is 11.3. The number of hydrogen-bond acceptors (Lipinski definition) is 5. The minimum Gasteiger partial charge on any atom is -0.373 e. The Morgan fingerprint density at radius 2 is 1.62 bits per heavy atom. The molecule has 0 unspecified atom stereocenters. The van der Waals surface area contributed by atoms with Gasteiger partial charge >= 0.3 is 0 Å². The summed E-state index contributed by atoms with van der Waals surface area (Å²) in [6.07, 6.45) is 2.07. The van der Waals surface area contributed by atoms with E-state index in [0.717, 1.165) is 23.1 Å². The van der Waals surface area contributed by atoms with E-state index in [1.165, 1.54) is 4.90 Å². The zero-order valence-corrected chi connectivity index (χ0v) is 14.0. The molecule has 0 fully saturated rings. The Balaban J connectivity index is 2.29. The summed E-state index contributed by atoms with van der Waals surface area (Å²) in [6, 6.07) is 10.2. The van der Waals surface area contributed by atoms with Crippen LogP contribution < -0.4 is 10.6 Å². The van der Waals surface area contributed by atoms with Crippen LogP contribution >= 0.6 is 11.8 Å². The Labute approximate surface area is 130 Å². The molecule has 1 heterocycles. The number of rotatable bonds is 4. The second kappa shape index (κ2) is 6.35. The van der Waals surface area contributed by atoms with Crippen molar-refractivity contribution in [3.05, 3.63) is 36.2 Å². The van der Waals surface area contributed by atoms with E-state index in [1.807, 2.05) is 13.1 Å². The van der Waals surface area contributed by atoms with Gasteiger partial charge < -0.3 is 10.6 Å². The van der Waals surface area contributed by atoms with Crippen molar-refractivity contribution < 1.29 is 0 Å². The van der Waals surface area contributed by atoms with Crippen LogP contribution in [0, 0.1) is 0 Å². The third-order valence-corrected chi connectivity index (χ3v) is 3.76. The Morgan fingerprint density at radius 3 is 2.14 bits per heavy atom. The summed E-state index contributed by atoms with van der Waals surface area (Å²) in [4.78, 5) is 10.4. The number of benzene rings is 1. The van der Waals surface area contributed by atoms with Gasteiger partial charge in [0.15, 0.2) is 0 Å². The summed E-state index contributed by atoms with van der Waals surface area (Å²) < 4.78 is 0. The van der Waals surface area contributed by atoms with Gasteiger partial charge in [0.25, 0.3) is 0 Å². The van der Waals surface area contributed by atoms with Gasteiger partial charge in [-0.15, -0.1) is 11.8 Å². The molecule has 21 heavy (non-hydrogen) atoms. The van der Waals surface area contributed by atoms with E-state index in [2.05, 4.69) is 71.9 Å². The maximum atomic E-state index is 4.62. The fraction of sp³-hybridized carbons (Fsp3) is 0.375. The Bertz CT molecular complexity index is 603. The van der Waals surface area contributed by atoms with Gasteiger partial charge in [0.2, 0.25) is 0 Å². The van der Waals surface area contributed by atoms with E-state index in [0.29, 0.717) is 0 Å². The molecule has 0 saturated carbocycles. The molecule has 2 rings (SSSR count). The number of anilines is 3. The van der Waals surface area contributed by atoms with Crippen LogP contribution in [-0.4, -0.2) is 23.3 Å². The molecular weight excluding hydrogens is 280 g/mol. The molecule has 0 bridgehead atoms. The van der Waals surface area contributed by atoms with Gasteiger partial charge in [-0.2, -0.15) is 0 Å². The third kappa shape index (κ3) is 4.11. The molecule has 1 aromatic heterocycles. The third-order valence-electron chi connectivity index (χ3n) is 3.02. The second-order valence-corrected chi connectivity index (χ2v) is 6.70. The first-order valence-electron chi connectivity index (χ1n) is 6.91. The van der Waals surface area contributed by atoms with Crippen LogP contribution in [0.2, 0.25) is 0 Å². The fourth-order valence-electron chi connectivity index (χ4n) is 1.80. The quantitative estimate of drug-likeness (QED) is 0.826. The minimum absolute atomic E-state index is 0.0913. The summed E-state index contributed by atoms with van der Waals surface area (Å²) in [5, 5.41) is 6.43. The average Bonchev–Trinajstić information content (AvgIpc) is 2.46. The van der Waals surface area contributed by atoms with E-state index >= 15 is 0 Å². The molecule has 0 spiro atoms. The van der Waals surface area contributed by atoms with E-state index in [1.54, 1.807) is 11.8 Å². The van der Waals surface area contributed by atoms with Gasteiger partial charge in [-0.1, -0.05) is 20.8 Å². The fourth-order valence-corrected chi connectivity index (χ4v) is 2.21. The van der Waals surface area contributed by atoms with E-state index in [9.17, 15) is 0 Å². The number of nitrogens with one attached hydrogen (secondary N) is 2. The first kappa shape index (κ1) is 15.6. The number of nitrogens with zero attached hydrogens (tertiary/aromatic N) is 2. The van der Waals surface area contributed by atoms with Crippen LogP contribution in [0.25, 0.3) is 0 Å². The van der Waals surface area contributed by atoms with Gasteiger partial charge in [-0.05, 0) is 30.5 Å². The first-order chi connectivity index (χ1) is 9.92. The minimum atomic E-state index is -0.0913. The summed E-state index contributed by atoms with van der Waals surface area (Å²) in [6.45, 7) is 6.33. The van der Waals surface area contributed by atoms with Crippen molar-refractivity contribution in [1.29, 1.82) is 0 Å². The summed E-state index contributed by atoms with van der Waals surface area (Å²) in [5.41, 5.74) is 0.930. The van der Waals surface area contributed by atoms with E-state index in [-0.39, 0.29) is 5.41 Å². The lowest BCUT2D eigenvalue weighted by molar-refractivity contribution is 0.547. The molecular formula is C16H22N4S. The maximum Gasteiger partial charge on any atom is 0.138 e. The smallest absolute Gasteiger partial charge is 0.138 e. The summed E-state index contributed by atoms with van der Waals surface area (Å²) in [5.74, 6) is 2.44. The van der Waals surface area contributed by atoms with Crippen LogP contribution in [-0.2, 0) is 5.41 Å². The molecule has 5 heteroatoms. The molecule has 0 radical (unpaired) electrons. The van der Waals surface area contributed by atoms with Gasteiger partial charge in [0.1, 0.15) is 17.5 Å². The lowest BCUT2D eigenvalue weighted by Crippen LogP contribution is -2.17. The molecule has 0 atom stereocenters. The van der Waals surface area contributed by atoms with Crippen molar-refractivity contribution in [2.45, 2.75) is 31.1 Å². The molecule has 0 saturated heterocycles. The van der Waals surface area contributed by atoms with Crippen molar-refractivity contribution in [1.82, 2.24) is 9.97 Å². The molecule has 0 aliphatic carbocycles. The molecule has 0 aliphatic heterocycles. The van der Waals surface area contributed by atoms with Crippen molar-refractivity contribution in [3.63, 3.8) is 0 Å². The molecule has 2 N–H and O–H groups in total. The van der Waals surface area contributed by atoms with Crippen LogP contribution in [0.15, 0.2) is 35.2 Å². The van der Waals surface area contributed by atoms with Crippen LogP contribution in [0.3, 0.4) is 0 Å².